The van der Waals surface area contributed by atoms with Crippen molar-refractivity contribution in [2.24, 2.45) is 5.10 Å². The second-order valence-electron chi connectivity index (χ2n) is 3.28. The first-order valence-corrected chi connectivity index (χ1v) is 5.68. The lowest BCUT2D eigenvalue weighted by molar-refractivity contribution is 0.890. The first-order valence-electron chi connectivity index (χ1n) is 4.89. The Labute approximate surface area is 109 Å². The van der Waals surface area contributed by atoms with Crippen LogP contribution in [0.5, 0.6) is 0 Å². The molecule has 0 aliphatic carbocycles. The van der Waals surface area contributed by atoms with Crippen molar-refractivity contribution in [3.05, 3.63) is 55.1 Å². The first-order chi connectivity index (χ1) is 8.65. The van der Waals surface area contributed by atoms with Crippen LogP contribution in [0.15, 0.2) is 43.4 Å². The summed E-state index contributed by atoms with van der Waals surface area (Å²) in [5, 5.41) is 9.45. The maximum atomic E-state index is 11.3. The molecule has 3 N–H and O–H groups in total. The monoisotopic (exact) mass is 309 g/mol. The largest absolute Gasteiger partial charge is 0.342 e. The van der Waals surface area contributed by atoms with E-state index in [2.05, 4.69) is 36.7 Å². The van der Waals surface area contributed by atoms with Gasteiger partial charge >= 0.3 is 5.69 Å². The van der Waals surface area contributed by atoms with Crippen LogP contribution >= 0.6 is 15.9 Å². The molecule has 0 atom stereocenters. The number of rotatable bonds is 3. The van der Waals surface area contributed by atoms with Crippen LogP contribution in [0.1, 0.15) is 5.56 Å². The van der Waals surface area contributed by atoms with Crippen LogP contribution in [0.2, 0.25) is 0 Å². The molecule has 0 fully saturated rings. The topological polar surface area (TPSA) is 103 Å². The van der Waals surface area contributed by atoms with E-state index >= 15 is 0 Å². The van der Waals surface area contributed by atoms with E-state index < -0.39 is 11.2 Å². The summed E-state index contributed by atoms with van der Waals surface area (Å²) in [7, 11) is 0. The number of H-pyrrole nitrogens is 2. The molecule has 0 bridgehead atoms. The number of aromatic nitrogens is 3. The van der Waals surface area contributed by atoms with Gasteiger partial charge in [-0.05, 0) is 17.7 Å². The summed E-state index contributed by atoms with van der Waals surface area (Å²) in [6.45, 7) is 0. The van der Waals surface area contributed by atoms with Gasteiger partial charge in [-0.3, -0.25) is 15.2 Å². The van der Waals surface area contributed by atoms with Gasteiger partial charge < -0.3 is 0 Å². The number of nitrogens with zero attached hydrogens (tertiary/aromatic N) is 2. The van der Waals surface area contributed by atoms with Crippen molar-refractivity contribution in [3.8, 4) is 0 Å². The van der Waals surface area contributed by atoms with Crippen molar-refractivity contribution in [1.29, 1.82) is 0 Å². The van der Waals surface area contributed by atoms with E-state index in [1.807, 2.05) is 29.2 Å². The van der Waals surface area contributed by atoms with E-state index in [1.54, 1.807) is 0 Å². The van der Waals surface area contributed by atoms with Crippen molar-refractivity contribution in [1.82, 2.24) is 15.2 Å². The van der Waals surface area contributed by atoms with Gasteiger partial charge in [0.25, 0.3) is 5.56 Å². The lowest BCUT2D eigenvalue weighted by Gasteiger charge is -1.96. The number of nitrogens with one attached hydrogen (secondary N) is 3. The van der Waals surface area contributed by atoms with E-state index in [0.717, 1.165) is 10.0 Å². The van der Waals surface area contributed by atoms with E-state index in [4.69, 9.17) is 0 Å². The number of benzene rings is 1. The van der Waals surface area contributed by atoms with Gasteiger partial charge in [0.1, 0.15) is 0 Å². The number of hydrogen-bond acceptors (Lipinski definition) is 5. The Morgan fingerprint density at radius 1 is 1.39 bits per heavy atom. The first kappa shape index (κ1) is 12.2. The fourth-order valence-corrected chi connectivity index (χ4v) is 1.60. The molecule has 0 spiro atoms. The number of halogens is 1. The van der Waals surface area contributed by atoms with Gasteiger partial charge in [-0.1, -0.05) is 28.1 Å². The number of aromatic amines is 2. The molecule has 1 heterocycles. The summed E-state index contributed by atoms with van der Waals surface area (Å²) in [5.41, 5.74) is 1.98. The summed E-state index contributed by atoms with van der Waals surface area (Å²) in [5.74, 6) is -0.0825. The summed E-state index contributed by atoms with van der Waals surface area (Å²) in [6.07, 6.45) is 1.52. The van der Waals surface area contributed by atoms with Crippen LogP contribution in [0, 0.1) is 0 Å². The van der Waals surface area contributed by atoms with E-state index in [9.17, 15) is 9.59 Å². The van der Waals surface area contributed by atoms with Crippen molar-refractivity contribution in [2.75, 3.05) is 5.43 Å². The molecule has 0 saturated carbocycles. The molecule has 2 aromatic rings. The molecule has 92 valence electrons. The molecule has 0 radical (unpaired) electrons. The van der Waals surface area contributed by atoms with Crippen molar-refractivity contribution >= 4 is 28.0 Å². The highest BCUT2D eigenvalue weighted by Crippen LogP contribution is 2.09. The second-order valence-corrected chi connectivity index (χ2v) is 4.20. The van der Waals surface area contributed by atoms with Gasteiger partial charge in [-0.2, -0.15) is 5.10 Å². The molecule has 8 heteroatoms. The maximum Gasteiger partial charge on any atom is 0.342 e. The highest BCUT2D eigenvalue weighted by molar-refractivity contribution is 9.10. The van der Waals surface area contributed by atoms with Gasteiger partial charge in [0, 0.05) is 4.47 Å². The second kappa shape index (κ2) is 5.41. The van der Waals surface area contributed by atoms with Crippen molar-refractivity contribution < 1.29 is 0 Å². The summed E-state index contributed by atoms with van der Waals surface area (Å²) in [6, 6.07) is 7.45. The van der Waals surface area contributed by atoms with Crippen molar-refractivity contribution in [3.63, 3.8) is 0 Å². The van der Waals surface area contributed by atoms with Gasteiger partial charge in [0.15, 0.2) is 0 Å². The molecule has 1 aromatic heterocycles. The van der Waals surface area contributed by atoms with Gasteiger partial charge in [-0.15, -0.1) is 5.10 Å². The molecular formula is C10H8BrN5O2. The Kier molecular flexibility index (Phi) is 3.68. The zero-order valence-corrected chi connectivity index (χ0v) is 10.6. The van der Waals surface area contributed by atoms with Crippen LogP contribution in [-0.4, -0.2) is 21.4 Å². The summed E-state index contributed by atoms with van der Waals surface area (Å²) >= 11 is 3.33. The minimum Gasteiger partial charge on any atom is -0.270 e. The number of anilines is 1. The SMILES string of the molecule is O=c1[nH]nc(NN=Cc2cccc(Br)c2)c(=O)[nH]1. The fourth-order valence-electron chi connectivity index (χ4n) is 1.18. The Bertz CT molecular complexity index is 691. The number of hydrogen-bond donors (Lipinski definition) is 3. The molecule has 0 amide bonds. The molecule has 0 aliphatic rings. The Balaban J connectivity index is 2.12. The smallest absolute Gasteiger partial charge is 0.270 e. The lowest BCUT2D eigenvalue weighted by atomic mass is 10.2. The molecule has 7 nitrogen and oxygen atoms in total. The standard InChI is InChI=1S/C10H8BrN5O2/c11-7-3-1-2-6(4-7)5-12-14-8-9(17)13-10(18)16-15-8/h1-5H,(H,14,15)(H2,13,16,17,18). The van der Waals surface area contributed by atoms with Crippen LogP contribution in [-0.2, 0) is 0 Å². The van der Waals surface area contributed by atoms with Gasteiger partial charge in [-0.25, -0.2) is 9.89 Å². The maximum absolute atomic E-state index is 11.3. The Hall–Kier alpha value is -2.22. The van der Waals surface area contributed by atoms with Gasteiger partial charge in [0.05, 0.1) is 6.21 Å². The third-order valence-electron chi connectivity index (χ3n) is 1.94. The summed E-state index contributed by atoms with van der Waals surface area (Å²) in [4.78, 5) is 24.0. The summed E-state index contributed by atoms with van der Waals surface area (Å²) < 4.78 is 0.923. The van der Waals surface area contributed by atoms with Gasteiger partial charge in [0.2, 0.25) is 5.82 Å². The predicted octanol–water partition coefficient (Wildman–Crippen LogP) is 0.667. The molecule has 0 aliphatic heterocycles. The third-order valence-corrected chi connectivity index (χ3v) is 2.44. The minimum atomic E-state index is -0.665. The minimum absolute atomic E-state index is 0.0825. The molecule has 2 rings (SSSR count). The average molecular weight is 310 g/mol. The van der Waals surface area contributed by atoms with Crippen molar-refractivity contribution in [2.45, 2.75) is 0 Å². The van der Waals surface area contributed by atoms with E-state index in [-0.39, 0.29) is 5.82 Å². The third kappa shape index (κ3) is 3.14. The Morgan fingerprint density at radius 2 is 2.22 bits per heavy atom. The van der Waals surface area contributed by atoms with Crippen LogP contribution in [0.4, 0.5) is 5.82 Å². The zero-order chi connectivity index (χ0) is 13.0. The van der Waals surface area contributed by atoms with Crippen LogP contribution in [0.3, 0.4) is 0 Å². The van der Waals surface area contributed by atoms with E-state index in [1.165, 1.54) is 6.21 Å². The lowest BCUT2D eigenvalue weighted by Crippen LogP contribution is -2.25. The normalized spacial score (nSPS) is 10.7. The molecular weight excluding hydrogens is 302 g/mol. The van der Waals surface area contributed by atoms with Crippen LogP contribution in [0.25, 0.3) is 0 Å². The van der Waals surface area contributed by atoms with E-state index in [0.29, 0.717) is 0 Å². The molecule has 0 unspecified atom stereocenters. The highest BCUT2D eigenvalue weighted by atomic mass is 79.9. The Morgan fingerprint density at radius 3 is 2.94 bits per heavy atom. The zero-order valence-electron chi connectivity index (χ0n) is 8.98. The number of hydrazone groups is 1. The van der Waals surface area contributed by atoms with Crippen LogP contribution < -0.4 is 16.7 Å². The molecule has 0 saturated heterocycles. The molecule has 18 heavy (non-hydrogen) atoms. The predicted molar refractivity (Wildman–Crippen MR) is 70.8 cm³/mol. The highest BCUT2D eigenvalue weighted by Gasteiger charge is 1.98. The quantitative estimate of drug-likeness (QED) is 0.572. The average Bonchev–Trinajstić information content (AvgIpc) is 2.32. The molecule has 1 aromatic carbocycles. The fraction of sp³-hybridized carbons (Fsp3) is 0.